The highest BCUT2D eigenvalue weighted by atomic mass is 127. The molecule has 21 heavy (non-hydrogen) atoms. The average molecular weight is 428 g/mol. The van der Waals surface area contributed by atoms with Crippen LogP contribution >= 0.6 is 35.7 Å². The summed E-state index contributed by atoms with van der Waals surface area (Å²) in [5.41, 5.74) is 0. The van der Waals surface area contributed by atoms with Gasteiger partial charge >= 0.3 is 0 Å². The number of rotatable bonds is 5. The van der Waals surface area contributed by atoms with E-state index in [4.69, 9.17) is 4.74 Å². The van der Waals surface area contributed by atoms with Crippen molar-refractivity contribution in [2.24, 2.45) is 4.99 Å². The number of hydrogen-bond acceptors (Lipinski definition) is 4. The first-order chi connectivity index (χ1) is 9.79. The fraction of sp³-hybridized carbons (Fsp3) is 0.929. The predicted molar refractivity (Wildman–Crippen MR) is 102 cm³/mol. The lowest BCUT2D eigenvalue weighted by Crippen LogP contribution is -2.48. The van der Waals surface area contributed by atoms with Gasteiger partial charge in [0.05, 0.1) is 13.2 Å². The molecular weight excluding hydrogens is 399 g/mol. The van der Waals surface area contributed by atoms with Gasteiger partial charge in [-0.15, -0.1) is 24.0 Å². The summed E-state index contributed by atoms with van der Waals surface area (Å²) in [6.45, 7) is 7.97. The maximum Gasteiger partial charge on any atom is 0.191 e. The Morgan fingerprint density at radius 3 is 2.95 bits per heavy atom. The molecule has 2 aliphatic heterocycles. The van der Waals surface area contributed by atoms with Crippen molar-refractivity contribution in [3.63, 3.8) is 0 Å². The first-order valence-corrected chi connectivity index (χ1v) is 8.72. The summed E-state index contributed by atoms with van der Waals surface area (Å²) in [5.74, 6) is 2.24. The molecule has 0 spiro atoms. The third-order valence-electron chi connectivity index (χ3n) is 3.94. The highest BCUT2D eigenvalue weighted by molar-refractivity contribution is 14.0. The van der Waals surface area contributed by atoms with Crippen molar-refractivity contribution in [1.82, 2.24) is 15.5 Å². The van der Waals surface area contributed by atoms with Gasteiger partial charge in [0.1, 0.15) is 0 Å². The second-order valence-electron chi connectivity index (χ2n) is 5.47. The fourth-order valence-corrected chi connectivity index (χ4v) is 3.85. The van der Waals surface area contributed by atoms with E-state index in [-0.39, 0.29) is 24.0 Å². The summed E-state index contributed by atoms with van der Waals surface area (Å²) >= 11 is 2.07. The molecule has 0 amide bonds. The van der Waals surface area contributed by atoms with Crippen molar-refractivity contribution < 1.29 is 4.74 Å². The van der Waals surface area contributed by atoms with Crippen LogP contribution in [0.3, 0.4) is 0 Å². The molecule has 0 saturated carbocycles. The number of ether oxygens (including phenoxy) is 1. The smallest absolute Gasteiger partial charge is 0.191 e. The van der Waals surface area contributed by atoms with E-state index in [1.807, 2.05) is 7.05 Å². The lowest BCUT2D eigenvalue weighted by molar-refractivity contribution is 0.000880. The van der Waals surface area contributed by atoms with Crippen LogP contribution in [-0.2, 0) is 4.74 Å². The van der Waals surface area contributed by atoms with Gasteiger partial charge in [-0.05, 0) is 25.5 Å². The molecule has 2 unspecified atom stereocenters. The quantitative estimate of drug-likeness (QED) is 0.394. The van der Waals surface area contributed by atoms with Crippen molar-refractivity contribution in [2.75, 3.05) is 52.2 Å². The molecular formula is C14H29IN4OS. The number of halogens is 1. The molecule has 7 heteroatoms. The first-order valence-electron chi connectivity index (χ1n) is 7.67. The number of guanidine groups is 1. The number of nitrogens with zero attached hydrogens (tertiary/aromatic N) is 2. The average Bonchev–Trinajstić information content (AvgIpc) is 2.98. The Morgan fingerprint density at radius 2 is 2.29 bits per heavy atom. The maximum absolute atomic E-state index is 5.46. The molecule has 2 fully saturated rings. The van der Waals surface area contributed by atoms with E-state index in [2.05, 4.69) is 39.2 Å². The van der Waals surface area contributed by atoms with Crippen molar-refractivity contribution in [1.29, 1.82) is 0 Å². The largest absolute Gasteiger partial charge is 0.379 e. The van der Waals surface area contributed by atoms with Crippen molar-refractivity contribution in [3.8, 4) is 0 Å². The van der Waals surface area contributed by atoms with Gasteiger partial charge in [-0.2, -0.15) is 11.8 Å². The molecule has 0 aromatic carbocycles. The predicted octanol–water partition coefficient (Wildman–Crippen LogP) is 1.39. The molecule has 2 aliphatic rings. The van der Waals surface area contributed by atoms with Crippen LogP contribution in [-0.4, -0.2) is 74.3 Å². The van der Waals surface area contributed by atoms with Gasteiger partial charge in [0.25, 0.3) is 0 Å². The third kappa shape index (κ3) is 6.92. The molecule has 124 valence electrons. The van der Waals surface area contributed by atoms with Crippen LogP contribution in [0.15, 0.2) is 4.99 Å². The second-order valence-corrected chi connectivity index (χ2v) is 6.88. The number of morpholine rings is 1. The molecule has 2 atom stereocenters. The summed E-state index contributed by atoms with van der Waals surface area (Å²) in [5, 5.41) is 7.60. The fourth-order valence-electron chi connectivity index (χ4n) is 2.65. The number of nitrogens with one attached hydrogen (secondary N) is 2. The van der Waals surface area contributed by atoms with E-state index in [0.717, 1.165) is 50.6 Å². The number of aliphatic imine (C=N–C) groups is 1. The molecule has 0 bridgehead atoms. The molecule has 0 radical (unpaired) electrons. The van der Waals surface area contributed by atoms with Crippen LogP contribution in [0.2, 0.25) is 0 Å². The monoisotopic (exact) mass is 428 g/mol. The summed E-state index contributed by atoms with van der Waals surface area (Å²) in [7, 11) is 1.84. The van der Waals surface area contributed by atoms with Crippen LogP contribution in [0.4, 0.5) is 0 Å². The van der Waals surface area contributed by atoms with Crippen molar-refractivity contribution >= 4 is 41.7 Å². The third-order valence-corrected chi connectivity index (χ3v) is 5.34. The van der Waals surface area contributed by atoms with E-state index >= 15 is 0 Å². The summed E-state index contributed by atoms with van der Waals surface area (Å²) in [6.07, 6.45) is 2.69. The maximum atomic E-state index is 5.46. The van der Waals surface area contributed by atoms with Crippen molar-refractivity contribution in [2.45, 2.75) is 31.1 Å². The molecule has 2 rings (SSSR count). The summed E-state index contributed by atoms with van der Waals surface area (Å²) in [6, 6.07) is 0.524. The minimum Gasteiger partial charge on any atom is -0.379 e. The second kappa shape index (κ2) is 10.9. The van der Waals surface area contributed by atoms with Crippen LogP contribution in [0.25, 0.3) is 0 Å². The van der Waals surface area contributed by atoms with Gasteiger partial charge in [-0.1, -0.05) is 0 Å². The van der Waals surface area contributed by atoms with Crippen LogP contribution in [0, 0.1) is 0 Å². The SMILES string of the molecule is CN=C(NCCN1CCOCC1C)NCC1CCCS1.I. The molecule has 5 nitrogen and oxygen atoms in total. The molecule has 2 saturated heterocycles. The normalized spacial score (nSPS) is 27.2. The van der Waals surface area contributed by atoms with Gasteiger partial charge in [0, 0.05) is 44.5 Å². The van der Waals surface area contributed by atoms with E-state index in [1.165, 1.54) is 18.6 Å². The topological polar surface area (TPSA) is 48.9 Å². The summed E-state index contributed by atoms with van der Waals surface area (Å²) in [4.78, 5) is 6.76. The molecule has 2 heterocycles. The van der Waals surface area contributed by atoms with E-state index < -0.39 is 0 Å². The Hall–Kier alpha value is 0.270. The molecule has 0 aromatic heterocycles. The van der Waals surface area contributed by atoms with Crippen LogP contribution < -0.4 is 10.6 Å². The minimum absolute atomic E-state index is 0. The van der Waals surface area contributed by atoms with Crippen LogP contribution in [0.1, 0.15) is 19.8 Å². The Balaban J connectivity index is 0.00000220. The molecule has 0 aromatic rings. The zero-order valence-corrected chi connectivity index (χ0v) is 16.3. The molecule has 2 N–H and O–H groups in total. The number of hydrogen-bond donors (Lipinski definition) is 2. The van der Waals surface area contributed by atoms with E-state index in [1.54, 1.807) is 0 Å². The Labute approximate surface area is 150 Å². The van der Waals surface area contributed by atoms with Gasteiger partial charge < -0.3 is 15.4 Å². The van der Waals surface area contributed by atoms with E-state index in [9.17, 15) is 0 Å². The zero-order chi connectivity index (χ0) is 14.2. The first kappa shape index (κ1) is 19.3. The molecule has 0 aliphatic carbocycles. The standard InChI is InChI=1S/C14H28N4OS.HI/c1-12-11-19-8-7-18(12)6-5-16-14(15-2)17-10-13-4-3-9-20-13;/h12-13H,3-11H2,1-2H3,(H2,15,16,17);1H. The van der Waals surface area contributed by atoms with Crippen molar-refractivity contribution in [3.05, 3.63) is 0 Å². The highest BCUT2D eigenvalue weighted by Crippen LogP contribution is 2.25. The lowest BCUT2D eigenvalue weighted by Gasteiger charge is -2.33. The lowest BCUT2D eigenvalue weighted by atomic mass is 10.2. The van der Waals surface area contributed by atoms with Crippen LogP contribution in [0.5, 0.6) is 0 Å². The Kier molecular flexibility index (Phi) is 10.0. The van der Waals surface area contributed by atoms with Gasteiger partial charge in [0.2, 0.25) is 0 Å². The summed E-state index contributed by atoms with van der Waals surface area (Å²) < 4.78 is 5.46. The van der Waals surface area contributed by atoms with E-state index in [0.29, 0.717) is 6.04 Å². The Morgan fingerprint density at radius 1 is 1.43 bits per heavy atom. The number of thioether (sulfide) groups is 1. The van der Waals surface area contributed by atoms with Gasteiger partial charge in [-0.3, -0.25) is 9.89 Å². The minimum atomic E-state index is 0. The zero-order valence-electron chi connectivity index (χ0n) is 13.1. The Bertz CT molecular complexity index is 313. The highest BCUT2D eigenvalue weighted by Gasteiger charge is 2.18. The van der Waals surface area contributed by atoms with Gasteiger partial charge in [-0.25, -0.2) is 0 Å². The van der Waals surface area contributed by atoms with Gasteiger partial charge in [0.15, 0.2) is 5.96 Å².